The molecule has 0 unspecified atom stereocenters. The van der Waals surface area contributed by atoms with E-state index >= 15 is 0 Å². The summed E-state index contributed by atoms with van der Waals surface area (Å²) in [5.74, 6) is 0.238. The smallest absolute Gasteiger partial charge is 0.318 e. The highest BCUT2D eigenvalue weighted by molar-refractivity contribution is 6.04. The summed E-state index contributed by atoms with van der Waals surface area (Å²) in [7, 11) is 2.83. The molecule has 11 heteroatoms. The van der Waals surface area contributed by atoms with Gasteiger partial charge in [-0.15, -0.1) is 10.2 Å². The summed E-state index contributed by atoms with van der Waals surface area (Å²) in [6.07, 6.45) is 4.03. The number of pyridine rings is 1. The van der Waals surface area contributed by atoms with E-state index in [1.165, 1.54) is 42.9 Å². The molecule has 0 atom stereocenters. The zero-order valence-corrected chi connectivity index (χ0v) is 18.7. The summed E-state index contributed by atoms with van der Waals surface area (Å²) in [4.78, 5) is 41.6. The SMILES string of the molecule is Cn1c(=O)c2ccc(C(=O)Nc3cc(-c4nnc5n4CCCCC5)ccc3F)nc2n(C)c1=O. The standard InChI is InChI=1S/C23H22FN7O3/c1-29-20-14(22(33)30(2)23(29)34)8-10-16(25-20)21(32)26-17-12-13(7-9-15(17)24)19-28-27-18-6-4-3-5-11-31(18)19/h7-10,12H,3-6,11H2,1-2H3,(H,26,32). The minimum atomic E-state index is -0.675. The van der Waals surface area contributed by atoms with E-state index in [0.717, 1.165) is 42.6 Å². The molecule has 0 aliphatic carbocycles. The van der Waals surface area contributed by atoms with Gasteiger partial charge in [0.25, 0.3) is 11.5 Å². The molecular formula is C23H22FN7O3. The van der Waals surface area contributed by atoms with E-state index in [-0.39, 0.29) is 22.4 Å². The van der Waals surface area contributed by atoms with Crippen molar-refractivity contribution in [3.63, 3.8) is 0 Å². The van der Waals surface area contributed by atoms with Crippen LogP contribution in [0, 0.1) is 5.82 Å². The quantitative estimate of drug-likeness (QED) is 0.497. The molecule has 1 aliphatic heterocycles. The normalized spacial score (nSPS) is 13.5. The Kier molecular flexibility index (Phi) is 5.31. The van der Waals surface area contributed by atoms with Crippen molar-refractivity contribution in [3.8, 4) is 11.4 Å². The fourth-order valence-corrected chi connectivity index (χ4v) is 4.23. The fourth-order valence-electron chi connectivity index (χ4n) is 4.23. The van der Waals surface area contributed by atoms with Crippen molar-refractivity contribution in [2.75, 3.05) is 5.32 Å². The van der Waals surface area contributed by atoms with Crippen LogP contribution in [-0.4, -0.2) is 34.8 Å². The van der Waals surface area contributed by atoms with Crippen molar-refractivity contribution in [3.05, 3.63) is 68.5 Å². The lowest BCUT2D eigenvalue weighted by Crippen LogP contribution is -2.37. The van der Waals surface area contributed by atoms with E-state index in [9.17, 15) is 18.8 Å². The van der Waals surface area contributed by atoms with Gasteiger partial charge >= 0.3 is 5.69 Å². The number of hydrogen-bond acceptors (Lipinski definition) is 6. The Bertz CT molecular complexity index is 1570. The predicted molar refractivity (Wildman–Crippen MR) is 123 cm³/mol. The number of halogens is 1. The Hall–Kier alpha value is -4.15. The van der Waals surface area contributed by atoms with Crippen LogP contribution in [0.15, 0.2) is 39.9 Å². The van der Waals surface area contributed by atoms with Gasteiger partial charge in [-0.25, -0.2) is 14.2 Å². The molecule has 10 nitrogen and oxygen atoms in total. The summed E-state index contributed by atoms with van der Waals surface area (Å²) >= 11 is 0. The fraction of sp³-hybridized carbons (Fsp3) is 0.304. The topological polar surface area (TPSA) is 117 Å². The first-order valence-electron chi connectivity index (χ1n) is 11.0. The molecule has 174 valence electrons. The van der Waals surface area contributed by atoms with Gasteiger partial charge < -0.3 is 9.88 Å². The van der Waals surface area contributed by atoms with Gasteiger partial charge in [0.15, 0.2) is 5.82 Å². The van der Waals surface area contributed by atoms with Crippen molar-refractivity contribution in [2.45, 2.75) is 32.2 Å². The average molecular weight is 463 g/mol. The number of nitrogens with one attached hydrogen (secondary N) is 1. The molecular weight excluding hydrogens is 441 g/mol. The van der Waals surface area contributed by atoms with Crippen LogP contribution in [0.2, 0.25) is 0 Å². The van der Waals surface area contributed by atoms with Gasteiger partial charge in [0.05, 0.1) is 11.1 Å². The van der Waals surface area contributed by atoms with E-state index in [4.69, 9.17) is 0 Å². The molecule has 5 rings (SSSR count). The Morgan fingerprint density at radius 1 is 1.03 bits per heavy atom. The molecule has 1 aromatic carbocycles. The molecule has 0 saturated carbocycles. The maximum Gasteiger partial charge on any atom is 0.332 e. The molecule has 4 heterocycles. The lowest BCUT2D eigenvalue weighted by molar-refractivity contribution is 0.102. The highest BCUT2D eigenvalue weighted by atomic mass is 19.1. The Labute approximate surface area is 192 Å². The average Bonchev–Trinajstić information content (AvgIpc) is 3.10. The summed E-state index contributed by atoms with van der Waals surface area (Å²) in [6, 6.07) is 7.18. The Morgan fingerprint density at radius 3 is 2.68 bits per heavy atom. The van der Waals surface area contributed by atoms with Crippen molar-refractivity contribution < 1.29 is 9.18 Å². The van der Waals surface area contributed by atoms with Gasteiger partial charge in [0, 0.05) is 32.6 Å². The van der Waals surface area contributed by atoms with E-state index in [0.29, 0.717) is 11.4 Å². The molecule has 0 fully saturated rings. The number of carbonyl (C=O) groups excluding carboxylic acids is 1. The van der Waals surface area contributed by atoms with Crippen molar-refractivity contribution in [2.24, 2.45) is 14.1 Å². The summed E-state index contributed by atoms with van der Waals surface area (Å²) < 4.78 is 18.8. The van der Waals surface area contributed by atoms with Crippen molar-refractivity contribution in [1.82, 2.24) is 28.9 Å². The first-order chi connectivity index (χ1) is 16.3. The highest BCUT2D eigenvalue weighted by Gasteiger charge is 2.19. The molecule has 1 N–H and O–H groups in total. The molecule has 34 heavy (non-hydrogen) atoms. The van der Waals surface area contributed by atoms with Crippen LogP contribution in [0.5, 0.6) is 0 Å². The van der Waals surface area contributed by atoms with Crippen molar-refractivity contribution >= 4 is 22.6 Å². The Morgan fingerprint density at radius 2 is 1.85 bits per heavy atom. The van der Waals surface area contributed by atoms with Crippen molar-refractivity contribution in [1.29, 1.82) is 0 Å². The summed E-state index contributed by atoms with van der Waals surface area (Å²) in [6.45, 7) is 0.788. The largest absolute Gasteiger partial charge is 0.332 e. The number of fused-ring (bicyclic) bond motifs is 2. The second kappa shape index (κ2) is 8.32. The predicted octanol–water partition coefficient (Wildman–Crippen LogP) is 2.01. The third-order valence-electron chi connectivity index (χ3n) is 6.12. The summed E-state index contributed by atoms with van der Waals surface area (Å²) in [5.41, 5.74) is -0.460. The number of carbonyl (C=O) groups is 1. The maximum atomic E-state index is 14.6. The maximum absolute atomic E-state index is 14.6. The first-order valence-corrected chi connectivity index (χ1v) is 11.0. The number of anilines is 1. The monoisotopic (exact) mass is 463 g/mol. The molecule has 0 spiro atoms. The third kappa shape index (κ3) is 3.58. The number of hydrogen-bond donors (Lipinski definition) is 1. The molecule has 0 saturated heterocycles. The van der Waals surface area contributed by atoms with Crippen LogP contribution >= 0.6 is 0 Å². The Balaban J connectivity index is 1.49. The van der Waals surface area contributed by atoms with Gasteiger partial charge in [-0.05, 0) is 43.2 Å². The molecule has 1 aliphatic rings. The second-order valence-corrected chi connectivity index (χ2v) is 8.32. The van der Waals surface area contributed by atoms with Crippen LogP contribution in [0.4, 0.5) is 10.1 Å². The van der Waals surface area contributed by atoms with E-state index in [1.54, 1.807) is 6.07 Å². The zero-order valence-electron chi connectivity index (χ0n) is 18.7. The van der Waals surface area contributed by atoms with Crippen LogP contribution in [0.1, 0.15) is 35.6 Å². The lowest BCUT2D eigenvalue weighted by atomic mass is 10.1. The van der Waals surface area contributed by atoms with E-state index in [2.05, 4.69) is 20.5 Å². The third-order valence-corrected chi connectivity index (χ3v) is 6.12. The minimum absolute atomic E-state index is 0.0340. The van der Waals surface area contributed by atoms with Crippen LogP contribution in [0.25, 0.3) is 22.4 Å². The molecule has 1 amide bonds. The number of benzene rings is 1. The van der Waals surface area contributed by atoms with Gasteiger partial charge in [-0.2, -0.15) is 0 Å². The number of amides is 1. The lowest BCUT2D eigenvalue weighted by Gasteiger charge is -2.11. The number of rotatable bonds is 3. The van der Waals surface area contributed by atoms with Gasteiger partial charge in [0.2, 0.25) is 0 Å². The highest BCUT2D eigenvalue weighted by Crippen LogP contribution is 2.27. The van der Waals surface area contributed by atoms with Gasteiger partial charge in [-0.3, -0.25) is 18.7 Å². The molecule has 0 bridgehead atoms. The number of nitrogens with zero attached hydrogens (tertiary/aromatic N) is 6. The van der Waals surface area contributed by atoms with Gasteiger partial charge in [0.1, 0.15) is 23.0 Å². The molecule has 4 aromatic rings. The minimum Gasteiger partial charge on any atom is -0.318 e. The number of aryl methyl sites for hydroxylation is 2. The second-order valence-electron chi connectivity index (χ2n) is 8.32. The van der Waals surface area contributed by atoms with E-state index in [1.807, 2.05) is 4.57 Å². The van der Waals surface area contributed by atoms with Crippen LogP contribution in [0.3, 0.4) is 0 Å². The van der Waals surface area contributed by atoms with Gasteiger partial charge in [-0.1, -0.05) is 6.42 Å². The van der Waals surface area contributed by atoms with Crippen LogP contribution in [-0.2, 0) is 27.1 Å². The zero-order chi connectivity index (χ0) is 24.0. The molecule has 3 aromatic heterocycles. The van der Waals surface area contributed by atoms with E-state index < -0.39 is 23.0 Å². The summed E-state index contributed by atoms with van der Waals surface area (Å²) in [5, 5.41) is 11.3. The number of aromatic nitrogens is 6. The van der Waals surface area contributed by atoms with Crippen LogP contribution < -0.4 is 16.6 Å². The molecule has 0 radical (unpaired) electrons. The first kappa shape index (κ1) is 21.7.